The third-order valence-electron chi connectivity index (χ3n) is 5.00. The Morgan fingerprint density at radius 1 is 1.23 bits per heavy atom. The Morgan fingerprint density at radius 2 is 2.12 bits per heavy atom. The number of Topliss-reactive ketones (excluding diaryl/α,β-unsaturated/α-hetero) is 1. The highest BCUT2D eigenvalue weighted by Crippen LogP contribution is 2.28. The van der Waals surface area contributed by atoms with Gasteiger partial charge in [-0.2, -0.15) is 0 Å². The molecule has 0 saturated carbocycles. The predicted octanol–water partition coefficient (Wildman–Crippen LogP) is 4.18. The Hall–Kier alpha value is -2.82. The highest BCUT2D eigenvalue weighted by atomic mass is 19.1. The first kappa shape index (κ1) is 16.6. The smallest absolute Gasteiger partial charge is 0.185 e. The van der Waals surface area contributed by atoms with Crippen LogP contribution in [-0.2, 0) is 0 Å². The maximum Gasteiger partial charge on any atom is 0.185 e. The van der Waals surface area contributed by atoms with E-state index >= 15 is 0 Å². The Morgan fingerprint density at radius 3 is 2.92 bits per heavy atom. The number of halogens is 1. The molecule has 0 amide bonds. The Balaban J connectivity index is 1.61. The summed E-state index contributed by atoms with van der Waals surface area (Å²) in [5, 5.41) is 0.826. The number of carbonyl (C=O) groups is 1. The number of nitrogens with zero attached hydrogens (tertiary/aromatic N) is 3. The maximum absolute atomic E-state index is 13.5. The van der Waals surface area contributed by atoms with Gasteiger partial charge in [0.15, 0.2) is 5.78 Å². The largest absolute Gasteiger partial charge is 0.356 e. The van der Waals surface area contributed by atoms with Gasteiger partial charge in [0.1, 0.15) is 17.3 Å². The van der Waals surface area contributed by atoms with E-state index in [1.54, 1.807) is 18.3 Å². The van der Waals surface area contributed by atoms with Gasteiger partial charge in [-0.15, -0.1) is 0 Å². The van der Waals surface area contributed by atoms with Crippen molar-refractivity contribution in [3.05, 3.63) is 65.7 Å². The lowest BCUT2D eigenvalue weighted by Crippen LogP contribution is -2.39. The van der Waals surface area contributed by atoms with Crippen molar-refractivity contribution in [1.82, 2.24) is 9.97 Å². The first-order valence-corrected chi connectivity index (χ1v) is 8.89. The molecule has 1 atom stereocenters. The van der Waals surface area contributed by atoms with Crippen molar-refractivity contribution in [3.63, 3.8) is 0 Å². The number of ketones is 1. The lowest BCUT2D eigenvalue weighted by atomic mass is 9.92. The molecule has 0 radical (unpaired) electrons. The number of aryl methyl sites for hydroxylation is 1. The van der Waals surface area contributed by atoms with Crippen molar-refractivity contribution in [2.45, 2.75) is 19.8 Å². The molecule has 1 unspecified atom stereocenters. The minimum Gasteiger partial charge on any atom is -0.356 e. The summed E-state index contributed by atoms with van der Waals surface area (Å²) in [6, 6.07) is 12.1. The first-order chi connectivity index (χ1) is 12.6. The standard InChI is InChI=1S/C21H20FN3O/c1-14-11-20(24-18-8-7-16(22)12-17(14)18)25-10-4-5-15(13-25)21(26)19-6-2-3-9-23-19/h2-3,6-9,11-12,15H,4-5,10,13H2,1H3. The molecule has 0 N–H and O–H groups in total. The van der Waals surface area contributed by atoms with Crippen molar-refractivity contribution in [2.24, 2.45) is 5.92 Å². The fourth-order valence-corrected chi connectivity index (χ4v) is 3.63. The van der Waals surface area contributed by atoms with Crippen LogP contribution in [0.2, 0.25) is 0 Å². The molecular weight excluding hydrogens is 329 g/mol. The van der Waals surface area contributed by atoms with Crippen LogP contribution in [0.3, 0.4) is 0 Å². The average Bonchev–Trinajstić information content (AvgIpc) is 2.68. The van der Waals surface area contributed by atoms with Gasteiger partial charge in [0.2, 0.25) is 0 Å². The van der Waals surface area contributed by atoms with E-state index in [4.69, 9.17) is 4.98 Å². The molecule has 1 fully saturated rings. The minimum absolute atomic E-state index is 0.0790. The number of pyridine rings is 2. The molecule has 2 aromatic heterocycles. The molecular formula is C21H20FN3O. The van der Waals surface area contributed by atoms with Crippen molar-refractivity contribution >= 4 is 22.5 Å². The number of benzene rings is 1. The van der Waals surface area contributed by atoms with Crippen molar-refractivity contribution in [2.75, 3.05) is 18.0 Å². The molecule has 1 aromatic carbocycles. The number of hydrogen-bond acceptors (Lipinski definition) is 4. The molecule has 4 nitrogen and oxygen atoms in total. The van der Waals surface area contributed by atoms with Crippen LogP contribution in [0.5, 0.6) is 0 Å². The van der Waals surface area contributed by atoms with Gasteiger partial charge in [0.05, 0.1) is 5.52 Å². The van der Waals surface area contributed by atoms with E-state index in [1.807, 2.05) is 25.1 Å². The third-order valence-corrected chi connectivity index (χ3v) is 5.00. The maximum atomic E-state index is 13.5. The zero-order valence-electron chi connectivity index (χ0n) is 14.7. The third kappa shape index (κ3) is 3.17. The average molecular weight is 349 g/mol. The summed E-state index contributed by atoms with van der Waals surface area (Å²) in [5.74, 6) is 0.605. The molecule has 4 rings (SSSR count). The fourth-order valence-electron chi connectivity index (χ4n) is 3.63. The summed E-state index contributed by atoms with van der Waals surface area (Å²) in [6.07, 6.45) is 3.45. The van der Waals surface area contributed by atoms with Crippen molar-refractivity contribution in [3.8, 4) is 0 Å². The molecule has 0 spiro atoms. The molecule has 3 aromatic rings. The van der Waals surface area contributed by atoms with Gasteiger partial charge in [0.25, 0.3) is 0 Å². The van der Waals surface area contributed by atoms with E-state index in [0.29, 0.717) is 12.2 Å². The van der Waals surface area contributed by atoms with E-state index in [2.05, 4.69) is 9.88 Å². The first-order valence-electron chi connectivity index (χ1n) is 8.89. The quantitative estimate of drug-likeness (QED) is 0.666. The number of anilines is 1. The minimum atomic E-state index is -0.255. The monoisotopic (exact) mass is 349 g/mol. The highest BCUT2D eigenvalue weighted by Gasteiger charge is 2.28. The zero-order chi connectivity index (χ0) is 18.1. The SMILES string of the molecule is Cc1cc(N2CCCC(C(=O)c3ccccn3)C2)nc2ccc(F)cc12. The summed E-state index contributed by atoms with van der Waals surface area (Å²) in [7, 11) is 0. The molecule has 26 heavy (non-hydrogen) atoms. The number of carbonyl (C=O) groups excluding carboxylic acids is 1. The van der Waals surface area contributed by atoms with Crippen LogP contribution in [0, 0.1) is 18.7 Å². The second kappa shape index (κ2) is 6.83. The second-order valence-electron chi connectivity index (χ2n) is 6.82. The lowest BCUT2D eigenvalue weighted by molar-refractivity contribution is 0.0902. The molecule has 5 heteroatoms. The predicted molar refractivity (Wildman–Crippen MR) is 99.9 cm³/mol. The highest BCUT2D eigenvalue weighted by molar-refractivity contribution is 5.96. The molecule has 132 valence electrons. The van der Waals surface area contributed by atoms with Crippen molar-refractivity contribution in [1.29, 1.82) is 0 Å². The topological polar surface area (TPSA) is 46.1 Å². The number of fused-ring (bicyclic) bond motifs is 1. The molecule has 1 aliphatic rings. The molecule has 1 aliphatic heterocycles. The number of aromatic nitrogens is 2. The van der Waals surface area contributed by atoms with Crippen LogP contribution in [0.4, 0.5) is 10.2 Å². The van der Waals surface area contributed by atoms with Gasteiger partial charge < -0.3 is 4.90 Å². The van der Waals surface area contributed by atoms with Crippen LogP contribution in [-0.4, -0.2) is 28.8 Å². The Kier molecular flexibility index (Phi) is 4.37. The molecule has 0 bridgehead atoms. The van der Waals surface area contributed by atoms with E-state index in [-0.39, 0.29) is 17.5 Å². The zero-order valence-corrected chi connectivity index (χ0v) is 14.7. The lowest BCUT2D eigenvalue weighted by Gasteiger charge is -2.33. The van der Waals surface area contributed by atoms with Crippen LogP contribution in [0.1, 0.15) is 28.9 Å². The van der Waals surface area contributed by atoms with E-state index in [0.717, 1.165) is 41.7 Å². The molecule has 3 heterocycles. The Labute approximate surface area is 151 Å². The van der Waals surface area contributed by atoms with Crippen LogP contribution < -0.4 is 4.90 Å². The summed E-state index contributed by atoms with van der Waals surface area (Å²) in [5.41, 5.74) is 2.29. The molecule has 1 saturated heterocycles. The van der Waals surface area contributed by atoms with Gasteiger partial charge in [0, 0.05) is 30.6 Å². The summed E-state index contributed by atoms with van der Waals surface area (Å²) < 4.78 is 13.5. The second-order valence-corrected chi connectivity index (χ2v) is 6.82. The van der Waals surface area contributed by atoms with Crippen LogP contribution >= 0.6 is 0 Å². The van der Waals surface area contributed by atoms with Crippen LogP contribution in [0.15, 0.2) is 48.7 Å². The normalized spacial score (nSPS) is 17.5. The molecule has 0 aliphatic carbocycles. The summed E-state index contributed by atoms with van der Waals surface area (Å²) in [4.78, 5) is 23.8. The van der Waals surface area contributed by atoms with Gasteiger partial charge >= 0.3 is 0 Å². The van der Waals surface area contributed by atoms with E-state index in [9.17, 15) is 9.18 Å². The van der Waals surface area contributed by atoms with Gasteiger partial charge in [-0.05, 0) is 61.7 Å². The van der Waals surface area contributed by atoms with Crippen molar-refractivity contribution < 1.29 is 9.18 Å². The number of piperidine rings is 1. The Bertz CT molecular complexity index is 958. The summed E-state index contributed by atoms with van der Waals surface area (Å²) in [6.45, 7) is 3.47. The van der Waals surface area contributed by atoms with Gasteiger partial charge in [-0.1, -0.05) is 6.07 Å². The summed E-state index contributed by atoms with van der Waals surface area (Å²) >= 11 is 0. The van der Waals surface area contributed by atoms with Crippen LogP contribution in [0.25, 0.3) is 10.9 Å². The van der Waals surface area contributed by atoms with Gasteiger partial charge in [-0.3, -0.25) is 9.78 Å². The number of rotatable bonds is 3. The van der Waals surface area contributed by atoms with Gasteiger partial charge in [-0.25, -0.2) is 9.37 Å². The van der Waals surface area contributed by atoms with E-state index < -0.39 is 0 Å². The fraction of sp³-hybridized carbons (Fsp3) is 0.286. The number of hydrogen-bond donors (Lipinski definition) is 0. The van der Waals surface area contributed by atoms with E-state index in [1.165, 1.54) is 12.1 Å².